The molecule has 9 nitrogen and oxygen atoms in total. The van der Waals surface area contributed by atoms with E-state index < -0.39 is 42.2 Å². The van der Waals surface area contributed by atoms with Crippen molar-refractivity contribution in [1.82, 2.24) is 10.2 Å². The third-order valence-corrected chi connectivity index (χ3v) is 4.95. The van der Waals surface area contributed by atoms with Gasteiger partial charge in [0.2, 0.25) is 5.91 Å². The summed E-state index contributed by atoms with van der Waals surface area (Å²) in [5, 5.41) is 24.8. The number of phenolic OH excluding ortho intramolecular Hbond substituents is 1. The molecule has 188 valence electrons. The van der Waals surface area contributed by atoms with Gasteiger partial charge in [-0.2, -0.15) is 0 Å². The number of nitrogens with one attached hydrogen (secondary N) is 2. The minimum Gasteiger partial charge on any atom is -0.508 e. The third kappa shape index (κ3) is 7.86. The normalized spacial score (nSPS) is 12.7. The summed E-state index contributed by atoms with van der Waals surface area (Å²) < 4.78 is 5.20. The molecular weight excluding hydrogens is 450 g/mol. The highest BCUT2D eigenvalue weighted by molar-refractivity contribution is 5.99. The Morgan fingerprint density at radius 3 is 2.29 bits per heavy atom. The number of alkyl carbamates (subject to hydrolysis) is 1. The standard InChI is InChI=1S/C26H33N3O6/c1-6-15-29(24(33)21(16-30)28-25(34)35-26(3,4)5)22(18-11-13-19(31)14-12-18)23(32)27-20-10-8-7-9-17(20)2/h6-14,21-22,30-31H,1,15-16H2,2-5H3,(H,27,32)(H,28,34). The zero-order chi connectivity index (χ0) is 26.2. The van der Waals surface area contributed by atoms with Crippen molar-refractivity contribution in [2.45, 2.75) is 45.4 Å². The van der Waals surface area contributed by atoms with E-state index in [2.05, 4.69) is 17.2 Å². The molecule has 0 radical (unpaired) electrons. The first-order chi connectivity index (χ1) is 16.5. The number of aromatic hydroxyl groups is 1. The minimum absolute atomic E-state index is 0.00626. The van der Waals surface area contributed by atoms with Gasteiger partial charge in [-0.15, -0.1) is 6.58 Å². The number of carbonyl (C=O) groups excluding carboxylic acids is 3. The Balaban J connectivity index is 2.44. The summed E-state index contributed by atoms with van der Waals surface area (Å²) in [4.78, 5) is 40.5. The van der Waals surface area contributed by atoms with Crippen LogP contribution in [0.4, 0.5) is 10.5 Å². The number of aliphatic hydroxyl groups excluding tert-OH is 1. The number of anilines is 1. The lowest BCUT2D eigenvalue weighted by molar-refractivity contribution is -0.140. The maximum atomic E-state index is 13.5. The van der Waals surface area contributed by atoms with Crippen molar-refractivity contribution in [2.75, 3.05) is 18.5 Å². The fourth-order valence-electron chi connectivity index (χ4n) is 3.34. The van der Waals surface area contributed by atoms with Crippen LogP contribution in [0.2, 0.25) is 0 Å². The molecule has 0 fully saturated rings. The van der Waals surface area contributed by atoms with Gasteiger partial charge in [0.05, 0.1) is 6.61 Å². The Hall–Kier alpha value is -3.85. The molecule has 9 heteroatoms. The van der Waals surface area contributed by atoms with Gasteiger partial charge in [0, 0.05) is 12.2 Å². The number of amides is 3. The monoisotopic (exact) mass is 483 g/mol. The minimum atomic E-state index is -1.37. The molecule has 2 unspecified atom stereocenters. The molecule has 0 bridgehead atoms. The fourth-order valence-corrected chi connectivity index (χ4v) is 3.34. The molecule has 0 aromatic heterocycles. The first-order valence-corrected chi connectivity index (χ1v) is 11.1. The number of benzene rings is 2. The molecule has 35 heavy (non-hydrogen) atoms. The number of para-hydroxylation sites is 1. The highest BCUT2D eigenvalue weighted by Crippen LogP contribution is 2.26. The molecule has 0 aliphatic rings. The number of aryl methyl sites for hydroxylation is 1. The molecule has 0 saturated carbocycles. The number of phenols is 1. The Morgan fingerprint density at radius 1 is 1.11 bits per heavy atom. The summed E-state index contributed by atoms with van der Waals surface area (Å²) in [6, 6.07) is 10.5. The second-order valence-corrected chi connectivity index (χ2v) is 8.96. The van der Waals surface area contributed by atoms with Crippen molar-refractivity contribution >= 4 is 23.6 Å². The number of ether oxygens (including phenoxy) is 1. The van der Waals surface area contributed by atoms with E-state index in [0.717, 1.165) is 5.56 Å². The maximum Gasteiger partial charge on any atom is 0.408 e. The van der Waals surface area contributed by atoms with Crippen LogP contribution in [-0.4, -0.2) is 57.8 Å². The van der Waals surface area contributed by atoms with Crippen LogP contribution in [0.15, 0.2) is 61.2 Å². The average molecular weight is 484 g/mol. The Labute approximate surface area is 205 Å². The number of hydrogen-bond acceptors (Lipinski definition) is 6. The van der Waals surface area contributed by atoms with Gasteiger partial charge in [-0.25, -0.2) is 4.79 Å². The van der Waals surface area contributed by atoms with Crippen LogP contribution in [0.1, 0.15) is 37.9 Å². The number of carbonyl (C=O) groups is 3. The van der Waals surface area contributed by atoms with Crippen LogP contribution in [0.3, 0.4) is 0 Å². The van der Waals surface area contributed by atoms with E-state index >= 15 is 0 Å². The van der Waals surface area contributed by atoms with Crippen LogP contribution in [0.5, 0.6) is 5.75 Å². The Bertz CT molecular complexity index is 1050. The van der Waals surface area contributed by atoms with Gasteiger partial charge in [-0.1, -0.05) is 36.4 Å². The van der Waals surface area contributed by atoms with E-state index in [1.54, 1.807) is 32.9 Å². The molecule has 2 rings (SSSR count). The van der Waals surface area contributed by atoms with E-state index in [9.17, 15) is 24.6 Å². The van der Waals surface area contributed by atoms with Crippen LogP contribution >= 0.6 is 0 Å². The molecule has 2 atom stereocenters. The lowest BCUT2D eigenvalue weighted by Crippen LogP contribution is -2.53. The van der Waals surface area contributed by atoms with Crippen molar-refractivity contribution in [2.24, 2.45) is 0 Å². The second kappa shape index (κ2) is 12.0. The third-order valence-electron chi connectivity index (χ3n) is 4.95. The number of nitrogens with zero attached hydrogens (tertiary/aromatic N) is 1. The Morgan fingerprint density at radius 2 is 1.74 bits per heavy atom. The van der Waals surface area contributed by atoms with Crippen molar-refractivity contribution < 1.29 is 29.3 Å². The topological polar surface area (TPSA) is 128 Å². The predicted octanol–water partition coefficient (Wildman–Crippen LogP) is 3.28. The zero-order valence-electron chi connectivity index (χ0n) is 20.4. The van der Waals surface area contributed by atoms with Gasteiger partial charge in [-0.3, -0.25) is 9.59 Å². The summed E-state index contributed by atoms with van der Waals surface area (Å²) in [5.41, 5.74) is 0.998. The largest absolute Gasteiger partial charge is 0.508 e. The Kier molecular flexibility index (Phi) is 9.42. The number of hydrogen-bond donors (Lipinski definition) is 4. The van der Waals surface area contributed by atoms with Gasteiger partial charge in [-0.05, 0) is 57.0 Å². The van der Waals surface area contributed by atoms with Crippen LogP contribution in [-0.2, 0) is 14.3 Å². The van der Waals surface area contributed by atoms with Gasteiger partial charge in [0.25, 0.3) is 5.91 Å². The van der Waals surface area contributed by atoms with Gasteiger partial charge >= 0.3 is 6.09 Å². The first-order valence-electron chi connectivity index (χ1n) is 11.1. The molecule has 2 aromatic rings. The zero-order valence-corrected chi connectivity index (χ0v) is 20.4. The molecule has 0 saturated heterocycles. The van der Waals surface area contributed by atoms with E-state index in [-0.39, 0.29) is 12.3 Å². The van der Waals surface area contributed by atoms with E-state index in [1.807, 2.05) is 19.1 Å². The quantitative estimate of drug-likeness (QED) is 0.405. The molecule has 0 aliphatic carbocycles. The van der Waals surface area contributed by atoms with Crippen LogP contribution in [0, 0.1) is 6.92 Å². The van der Waals surface area contributed by atoms with E-state index in [1.165, 1.54) is 35.2 Å². The van der Waals surface area contributed by atoms with Gasteiger partial charge < -0.3 is 30.5 Å². The predicted molar refractivity (Wildman–Crippen MR) is 133 cm³/mol. The van der Waals surface area contributed by atoms with Gasteiger partial charge in [0.1, 0.15) is 23.4 Å². The molecule has 2 aromatic carbocycles. The number of rotatable bonds is 9. The average Bonchev–Trinajstić information content (AvgIpc) is 2.78. The summed E-state index contributed by atoms with van der Waals surface area (Å²) >= 11 is 0. The SMILES string of the molecule is C=CCN(C(=O)C(CO)NC(=O)OC(C)(C)C)C(C(=O)Nc1ccccc1C)c1ccc(O)cc1. The molecule has 0 heterocycles. The highest BCUT2D eigenvalue weighted by atomic mass is 16.6. The molecule has 0 spiro atoms. The summed E-state index contributed by atoms with van der Waals surface area (Å²) in [5.74, 6) is -1.24. The highest BCUT2D eigenvalue weighted by Gasteiger charge is 2.35. The summed E-state index contributed by atoms with van der Waals surface area (Å²) in [6.45, 7) is 9.76. The van der Waals surface area contributed by atoms with Crippen molar-refractivity contribution in [1.29, 1.82) is 0 Å². The van der Waals surface area contributed by atoms with Crippen molar-refractivity contribution in [3.63, 3.8) is 0 Å². The lowest BCUT2D eigenvalue weighted by Gasteiger charge is -2.33. The summed E-state index contributed by atoms with van der Waals surface area (Å²) in [6.07, 6.45) is 0.558. The molecule has 0 aliphatic heterocycles. The smallest absolute Gasteiger partial charge is 0.408 e. The van der Waals surface area contributed by atoms with Crippen LogP contribution < -0.4 is 10.6 Å². The van der Waals surface area contributed by atoms with Crippen molar-refractivity contribution in [3.8, 4) is 5.75 Å². The number of aliphatic hydroxyl groups is 1. The maximum absolute atomic E-state index is 13.5. The molecule has 3 amide bonds. The lowest BCUT2D eigenvalue weighted by atomic mass is 10.0. The van der Waals surface area contributed by atoms with Crippen molar-refractivity contribution in [3.05, 3.63) is 72.3 Å². The summed E-state index contributed by atoms with van der Waals surface area (Å²) in [7, 11) is 0. The van der Waals surface area contributed by atoms with Gasteiger partial charge in [0.15, 0.2) is 0 Å². The molecule has 4 N–H and O–H groups in total. The van der Waals surface area contributed by atoms with E-state index in [0.29, 0.717) is 11.3 Å². The molecular formula is C26H33N3O6. The second-order valence-electron chi connectivity index (χ2n) is 8.96. The fraction of sp³-hybridized carbons (Fsp3) is 0.346. The first kappa shape index (κ1) is 27.4. The van der Waals surface area contributed by atoms with Crippen LogP contribution in [0.25, 0.3) is 0 Å². The van der Waals surface area contributed by atoms with E-state index in [4.69, 9.17) is 4.74 Å².